The fourth-order valence-corrected chi connectivity index (χ4v) is 4.39. The van der Waals surface area contributed by atoms with Crippen LogP contribution < -0.4 is 4.74 Å². The second kappa shape index (κ2) is 10.9. The van der Waals surface area contributed by atoms with Crippen LogP contribution in [0.4, 0.5) is 0 Å². The van der Waals surface area contributed by atoms with Gasteiger partial charge in [0.05, 0.1) is 25.6 Å². The maximum Gasteiger partial charge on any atom is 0.312 e. The minimum Gasteiger partial charge on any atom is -0.497 e. The highest BCUT2D eigenvalue weighted by molar-refractivity contribution is 6.30. The van der Waals surface area contributed by atoms with Crippen LogP contribution in [0.15, 0.2) is 66.4 Å². The first-order valence-corrected chi connectivity index (χ1v) is 12.0. The summed E-state index contributed by atoms with van der Waals surface area (Å²) in [7, 11) is 4.95. The van der Waals surface area contributed by atoms with E-state index in [0.29, 0.717) is 45.2 Å². The van der Waals surface area contributed by atoms with E-state index < -0.39 is 5.97 Å². The van der Waals surface area contributed by atoms with Crippen molar-refractivity contribution in [2.45, 2.75) is 13.3 Å². The van der Waals surface area contributed by atoms with Gasteiger partial charge < -0.3 is 19.3 Å². The SMILES string of the molecule is COc1ccc2c(c1)c(CC(=O)OCN1C=CC=C(C(=O)N(C)C)C1)c(C)n2C(=O)c1ccc(Cl)cc1. The number of carbonyl (C=O) groups is 3. The first-order chi connectivity index (χ1) is 17.7. The molecule has 1 amide bonds. The van der Waals surface area contributed by atoms with Gasteiger partial charge in [0, 0.05) is 47.5 Å². The summed E-state index contributed by atoms with van der Waals surface area (Å²) in [6.45, 7) is 2.14. The number of likely N-dealkylation sites (N-methyl/N-ethyl adjacent to an activating group) is 1. The van der Waals surface area contributed by atoms with Gasteiger partial charge in [-0.15, -0.1) is 0 Å². The Labute approximate surface area is 220 Å². The average molecular weight is 522 g/mol. The van der Waals surface area contributed by atoms with Crippen LogP contribution >= 0.6 is 11.6 Å². The van der Waals surface area contributed by atoms with Crippen molar-refractivity contribution in [1.82, 2.24) is 14.4 Å². The zero-order valence-corrected chi connectivity index (χ0v) is 21.9. The molecular weight excluding hydrogens is 494 g/mol. The molecule has 0 bridgehead atoms. The molecule has 0 radical (unpaired) electrons. The van der Waals surface area contributed by atoms with Crippen LogP contribution in [0.3, 0.4) is 0 Å². The van der Waals surface area contributed by atoms with Crippen LogP contribution in [0.5, 0.6) is 5.75 Å². The average Bonchev–Trinajstić information content (AvgIpc) is 3.17. The van der Waals surface area contributed by atoms with Crippen molar-refractivity contribution in [3.8, 4) is 5.75 Å². The predicted octanol–water partition coefficient (Wildman–Crippen LogP) is 4.19. The van der Waals surface area contributed by atoms with Crippen LogP contribution in [0.1, 0.15) is 21.6 Å². The van der Waals surface area contributed by atoms with Crippen LogP contribution in [0.2, 0.25) is 5.02 Å². The number of hydrogen-bond acceptors (Lipinski definition) is 6. The Morgan fingerprint density at radius 2 is 1.81 bits per heavy atom. The highest BCUT2D eigenvalue weighted by Gasteiger charge is 2.23. The molecule has 8 nitrogen and oxygen atoms in total. The summed E-state index contributed by atoms with van der Waals surface area (Å²) in [4.78, 5) is 41.9. The van der Waals surface area contributed by atoms with E-state index in [2.05, 4.69) is 0 Å². The molecule has 0 fully saturated rings. The summed E-state index contributed by atoms with van der Waals surface area (Å²) in [6.07, 6.45) is 5.24. The number of aromatic nitrogens is 1. The molecule has 0 aliphatic carbocycles. The third-order valence-electron chi connectivity index (χ3n) is 6.20. The van der Waals surface area contributed by atoms with Crippen LogP contribution in [-0.4, -0.2) is 66.6 Å². The number of carbonyl (C=O) groups excluding carboxylic acids is 3. The van der Waals surface area contributed by atoms with Gasteiger partial charge in [-0.2, -0.15) is 0 Å². The van der Waals surface area contributed by atoms with Crippen molar-refractivity contribution < 1.29 is 23.9 Å². The highest BCUT2D eigenvalue weighted by atomic mass is 35.5. The van der Waals surface area contributed by atoms with Crippen molar-refractivity contribution in [3.63, 3.8) is 0 Å². The molecule has 0 N–H and O–H groups in total. The third-order valence-corrected chi connectivity index (χ3v) is 6.45. The number of methoxy groups -OCH3 is 1. The second-order valence-corrected chi connectivity index (χ2v) is 9.33. The minimum absolute atomic E-state index is 0.00189. The quantitative estimate of drug-likeness (QED) is 0.434. The van der Waals surface area contributed by atoms with Gasteiger partial charge >= 0.3 is 5.97 Å². The van der Waals surface area contributed by atoms with Crippen LogP contribution in [-0.2, 0) is 20.7 Å². The van der Waals surface area contributed by atoms with Gasteiger partial charge in [0.15, 0.2) is 6.73 Å². The van der Waals surface area contributed by atoms with Gasteiger partial charge in [0.2, 0.25) is 0 Å². The standard InChI is InChI=1S/C28H28ClN3O5/c1-18-23(15-26(33)37-17-31-13-5-6-20(16-31)27(34)30(2)3)24-14-22(36-4)11-12-25(24)32(18)28(35)19-7-9-21(29)10-8-19/h5-14H,15-17H2,1-4H3. The van der Waals surface area contributed by atoms with E-state index in [1.165, 1.54) is 4.90 Å². The van der Waals surface area contributed by atoms with E-state index in [0.717, 1.165) is 5.39 Å². The number of allylic oxidation sites excluding steroid dienone is 2. The largest absolute Gasteiger partial charge is 0.497 e. The number of amides is 1. The lowest BCUT2D eigenvalue weighted by atomic mass is 10.1. The Balaban J connectivity index is 1.56. The van der Waals surface area contributed by atoms with Crippen molar-refractivity contribution in [2.24, 2.45) is 0 Å². The molecule has 192 valence electrons. The minimum atomic E-state index is -0.452. The lowest BCUT2D eigenvalue weighted by Gasteiger charge is -2.25. The molecule has 1 aliphatic heterocycles. The number of rotatable bonds is 7. The fraction of sp³-hybridized carbons (Fsp3) is 0.250. The Hall–Kier alpha value is -4.04. The number of hydrogen-bond donors (Lipinski definition) is 0. The van der Waals surface area contributed by atoms with E-state index in [-0.39, 0.29) is 25.0 Å². The third kappa shape index (κ3) is 5.54. The topological polar surface area (TPSA) is 81.1 Å². The molecule has 0 unspecified atom stereocenters. The molecule has 2 aromatic carbocycles. The van der Waals surface area contributed by atoms with Crippen LogP contribution in [0, 0.1) is 6.92 Å². The van der Waals surface area contributed by atoms with E-state index in [1.54, 1.807) is 92.3 Å². The monoisotopic (exact) mass is 521 g/mol. The molecule has 3 aromatic rings. The summed E-state index contributed by atoms with van der Waals surface area (Å²) >= 11 is 5.99. The summed E-state index contributed by atoms with van der Waals surface area (Å²) in [5.74, 6) is -0.162. The fourth-order valence-electron chi connectivity index (χ4n) is 4.27. The number of ether oxygens (including phenoxy) is 2. The van der Waals surface area contributed by atoms with Crippen molar-refractivity contribution >= 4 is 40.3 Å². The van der Waals surface area contributed by atoms with Crippen molar-refractivity contribution in [3.05, 3.63) is 88.2 Å². The molecule has 37 heavy (non-hydrogen) atoms. The van der Waals surface area contributed by atoms with Crippen LogP contribution in [0.25, 0.3) is 10.9 Å². The van der Waals surface area contributed by atoms with E-state index in [1.807, 2.05) is 6.07 Å². The van der Waals surface area contributed by atoms with E-state index >= 15 is 0 Å². The van der Waals surface area contributed by atoms with Gasteiger partial charge in [0.1, 0.15) is 5.75 Å². The van der Waals surface area contributed by atoms with E-state index in [9.17, 15) is 14.4 Å². The van der Waals surface area contributed by atoms with Gasteiger partial charge in [0.25, 0.3) is 11.8 Å². The lowest BCUT2D eigenvalue weighted by Crippen LogP contribution is -2.33. The van der Waals surface area contributed by atoms with Gasteiger partial charge in [-0.3, -0.25) is 19.0 Å². The zero-order valence-electron chi connectivity index (χ0n) is 21.2. The molecule has 0 saturated carbocycles. The zero-order chi connectivity index (χ0) is 26.7. The lowest BCUT2D eigenvalue weighted by molar-refractivity contribution is -0.146. The number of fused-ring (bicyclic) bond motifs is 1. The van der Waals surface area contributed by atoms with Crippen molar-refractivity contribution in [2.75, 3.05) is 34.5 Å². The predicted molar refractivity (Wildman–Crippen MR) is 142 cm³/mol. The maximum atomic E-state index is 13.4. The van der Waals surface area contributed by atoms with E-state index in [4.69, 9.17) is 21.1 Å². The molecular formula is C28H28ClN3O5. The summed E-state index contributed by atoms with van der Waals surface area (Å²) in [6, 6.07) is 12.1. The Morgan fingerprint density at radius 1 is 1.08 bits per heavy atom. The highest BCUT2D eigenvalue weighted by Crippen LogP contribution is 2.31. The number of nitrogens with zero attached hydrogens (tertiary/aromatic N) is 3. The first kappa shape index (κ1) is 26.0. The maximum absolute atomic E-state index is 13.4. The molecule has 0 spiro atoms. The Bertz CT molecular complexity index is 1420. The summed E-state index contributed by atoms with van der Waals surface area (Å²) in [5.41, 5.74) is 3.06. The van der Waals surface area contributed by atoms with Gasteiger partial charge in [-0.1, -0.05) is 17.7 Å². The molecule has 0 saturated heterocycles. The summed E-state index contributed by atoms with van der Waals surface area (Å²) in [5, 5.41) is 1.27. The molecule has 2 heterocycles. The van der Waals surface area contributed by atoms with Crippen molar-refractivity contribution in [1.29, 1.82) is 0 Å². The van der Waals surface area contributed by atoms with Gasteiger partial charge in [-0.05, 0) is 61.0 Å². The molecule has 4 rings (SSSR count). The number of halogens is 1. The first-order valence-electron chi connectivity index (χ1n) is 11.7. The summed E-state index contributed by atoms with van der Waals surface area (Å²) < 4.78 is 12.5. The van der Waals surface area contributed by atoms with Gasteiger partial charge in [-0.25, -0.2) is 0 Å². The molecule has 1 aliphatic rings. The molecule has 1 aromatic heterocycles. The molecule has 9 heteroatoms. The Kier molecular flexibility index (Phi) is 7.69. The molecule has 0 atom stereocenters. The smallest absolute Gasteiger partial charge is 0.312 e. The second-order valence-electron chi connectivity index (χ2n) is 8.90. The number of esters is 1. The normalized spacial score (nSPS) is 12.9. The number of benzene rings is 2. The Morgan fingerprint density at radius 3 is 2.49 bits per heavy atom.